The third kappa shape index (κ3) is 5.38. The number of benzene rings is 2. The maximum atomic E-state index is 12.5. The van der Waals surface area contributed by atoms with Gasteiger partial charge in [-0.25, -0.2) is 4.98 Å². The zero-order valence-corrected chi connectivity index (χ0v) is 17.5. The fourth-order valence-corrected chi connectivity index (χ4v) is 4.36. The Hall–Kier alpha value is -3.01. The first-order valence-electron chi connectivity index (χ1n) is 9.65. The number of rotatable bonds is 5. The maximum Gasteiger partial charge on any atom is 0.573 e. The van der Waals surface area contributed by atoms with E-state index in [1.54, 1.807) is 4.90 Å². The first-order valence-corrected chi connectivity index (χ1v) is 10.5. The molecule has 164 valence electrons. The number of carbonyl (C=O) groups is 1. The number of carbonyl (C=O) groups excluding carboxylic acids is 1. The summed E-state index contributed by atoms with van der Waals surface area (Å²) in [6.45, 7) is 4.15. The van der Waals surface area contributed by atoms with Crippen LogP contribution in [0.25, 0.3) is 10.2 Å². The van der Waals surface area contributed by atoms with Crippen LogP contribution in [0.2, 0.25) is 0 Å². The zero-order chi connectivity index (χ0) is 22.0. The second-order valence-electron chi connectivity index (χ2n) is 7.15. The van der Waals surface area contributed by atoms with E-state index in [0.29, 0.717) is 47.3 Å². The molecule has 2 heterocycles. The lowest BCUT2D eigenvalue weighted by Crippen LogP contribution is -2.50. The summed E-state index contributed by atoms with van der Waals surface area (Å²) in [6.07, 6.45) is -4.73. The van der Waals surface area contributed by atoms with Crippen LogP contribution in [0.3, 0.4) is 0 Å². The Bertz CT molecular complexity index is 1080. The number of aromatic nitrogens is 1. The van der Waals surface area contributed by atoms with Gasteiger partial charge >= 0.3 is 6.36 Å². The summed E-state index contributed by atoms with van der Waals surface area (Å²) in [4.78, 5) is 20.7. The predicted molar refractivity (Wildman–Crippen MR) is 112 cm³/mol. The molecule has 4 rings (SSSR count). The van der Waals surface area contributed by atoms with Gasteiger partial charge in [0.25, 0.3) is 5.91 Å². The molecule has 6 nitrogen and oxygen atoms in total. The molecule has 1 amide bonds. The second kappa shape index (κ2) is 8.62. The topological polar surface area (TPSA) is 54.9 Å². The monoisotopic (exact) mass is 451 g/mol. The fourth-order valence-electron chi connectivity index (χ4n) is 3.31. The summed E-state index contributed by atoms with van der Waals surface area (Å²) in [5, 5.41) is 0.710. The Morgan fingerprint density at radius 1 is 1.10 bits per heavy atom. The average Bonchev–Trinajstić information content (AvgIpc) is 3.14. The third-order valence-corrected chi connectivity index (χ3v) is 5.92. The van der Waals surface area contributed by atoms with Crippen molar-refractivity contribution >= 4 is 32.6 Å². The van der Waals surface area contributed by atoms with Crippen molar-refractivity contribution < 1.29 is 27.4 Å². The number of hydrogen-bond acceptors (Lipinski definition) is 6. The van der Waals surface area contributed by atoms with Crippen LogP contribution < -0.4 is 14.4 Å². The van der Waals surface area contributed by atoms with E-state index in [2.05, 4.69) is 9.72 Å². The molecule has 0 radical (unpaired) electrons. The highest BCUT2D eigenvalue weighted by molar-refractivity contribution is 7.22. The highest BCUT2D eigenvalue weighted by Crippen LogP contribution is 2.33. The standard InChI is InChI=1S/C21H20F3N3O3S/c1-14-3-2-4-15(11-14)29-13-19(28)26-7-9-27(10-8-26)20-25-17-6-5-16(12-18(17)31-20)30-21(22,23)24/h2-6,11-12H,7-10,13H2,1H3. The normalized spacial score (nSPS) is 14.7. The van der Waals surface area contributed by atoms with E-state index in [0.717, 1.165) is 5.56 Å². The van der Waals surface area contributed by atoms with E-state index in [-0.39, 0.29) is 18.3 Å². The predicted octanol–water partition coefficient (Wildman–Crippen LogP) is 4.23. The number of hydrogen-bond donors (Lipinski definition) is 0. The lowest BCUT2D eigenvalue weighted by atomic mass is 10.2. The van der Waals surface area contributed by atoms with Crippen LogP contribution in [0, 0.1) is 6.92 Å². The number of piperazine rings is 1. The second-order valence-corrected chi connectivity index (χ2v) is 8.16. The van der Waals surface area contributed by atoms with E-state index in [9.17, 15) is 18.0 Å². The molecule has 0 spiro atoms. The molecule has 0 saturated carbocycles. The first kappa shape index (κ1) is 21.2. The van der Waals surface area contributed by atoms with Crippen molar-refractivity contribution in [3.05, 3.63) is 48.0 Å². The molecular weight excluding hydrogens is 431 g/mol. The molecule has 3 aromatic rings. The number of fused-ring (bicyclic) bond motifs is 1. The maximum absolute atomic E-state index is 12.5. The lowest BCUT2D eigenvalue weighted by molar-refractivity contribution is -0.274. The number of alkyl halides is 3. The van der Waals surface area contributed by atoms with Gasteiger partial charge in [-0.2, -0.15) is 0 Å². The van der Waals surface area contributed by atoms with Crippen molar-refractivity contribution in [2.45, 2.75) is 13.3 Å². The van der Waals surface area contributed by atoms with Gasteiger partial charge in [0.15, 0.2) is 11.7 Å². The zero-order valence-electron chi connectivity index (χ0n) is 16.7. The summed E-state index contributed by atoms with van der Waals surface area (Å²) in [7, 11) is 0. The van der Waals surface area contributed by atoms with Crippen molar-refractivity contribution in [2.24, 2.45) is 0 Å². The van der Waals surface area contributed by atoms with Gasteiger partial charge < -0.3 is 19.3 Å². The molecule has 1 fully saturated rings. The van der Waals surface area contributed by atoms with Crippen molar-refractivity contribution in [3.8, 4) is 11.5 Å². The van der Waals surface area contributed by atoms with Crippen LogP contribution in [-0.4, -0.2) is 54.9 Å². The first-order chi connectivity index (χ1) is 14.8. The number of anilines is 1. The number of nitrogens with zero attached hydrogens (tertiary/aromatic N) is 3. The summed E-state index contributed by atoms with van der Waals surface area (Å²) in [6, 6.07) is 11.6. The van der Waals surface area contributed by atoms with Crippen LogP contribution >= 0.6 is 11.3 Å². The van der Waals surface area contributed by atoms with Crippen LogP contribution in [0.4, 0.5) is 18.3 Å². The third-order valence-electron chi connectivity index (χ3n) is 4.84. The van der Waals surface area contributed by atoms with Gasteiger partial charge in [-0.3, -0.25) is 4.79 Å². The van der Waals surface area contributed by atoms with Crippen molar-refractivity contribution in [2.75, 3.05) is 37.7 Å². The van der Waals surface area contributed by atoms with Crippen LogP contribution in [0.15, 0.2) is 42.5 Å². The van der Waals surface area contributed by atoms with Crippen molar-refractivity contribution in [3.63, 3.8) is 0 Å². The Kier molecular flexibility index (Phi) is 5.90. The van der Waals surface area contributed by atoms with Gasteiger partial charge in [0.05, 0.1) is 10.2 Å². The van der Waals surface area contributed by atoms with Crippen LogP contribution in [0.1, 0.15) is 5.56 Å². The lowest BCUT2D eigenvalue weighted by Gasteiger charge is -2.34. The minimum Gasteiger partial charge on any atom is -0.484 e. The SMILES string of the molecule is Cc1cccc(OCC(=O)N2CCN(c3nc4ccc(OC(F)(F)F)cc4s3)CC2)c1. The minimum atomic E-state index is -4.73. The van der Waals surface area contributed by atoms with Gasteiger partial charge in [0.1, 0.15) is 11.5 Å². The number of thiazole rings is 1. The van der Waals surface area contributed by atoms with Gasteiger partial charge in [0.2, 0.25) is 0 Å². The number of aryl methyl sites for hydroxylation is 1. The molecule has 1 aromatic heterocycles. The molecule has 0 N–H and O–H groups in total. The molecule has 31 heavy (non-hydrogen) atoms. The van der Waals surface area contributed by atoms with E-state index in [4.69, 9.17) is 4.74 Å². The molecule has 0 bridgehead atoms. The highest BCUT2D eigenvalue weighted by Gasteiger charge is 2.31. The Morgan fingerprint density at radius 3 is 2.58 bits per heavy atom. The van der Waals surface area contributed by atoms with E-state index < -0.39 is 6.36 Å². The smallest absolute Gasteiger partial charge is 0.484 e. The fraction of sp³-hybridized carbons (Fsp3) is 0.333. The molecular formula is C21H20F3N3O3S. The van der Waals surface area contributed by atoms with Gasteiger partial charge in [-0.05, 0) is 36.8 Å². The Morgan fingerprint density at radius 2 is 1.87 bits per heavy atom. The minimum absolute atomic E-state index is 0.0213. The van der Waals surface area contributed by atoms with Gasteiger partial charge in [-0.1, -0.05) is 23.5 Å². The van der Waals surface area contributed by atoms with Crippen molar-refractivity contribution in [1.82, 2.24) is 9.88 Å². The molecule has 0 aliphatic carbocycles. The number of amides is 1. The highest BCUT2D eigenvalue weighted by atomic mass is 32.1. The van der Waals surface area contributed by atoms with E-state index in [1.807, 2.05) is 36.1 Å². The summed E-state index contributed by atoms with van der Waals surface area (Å²) in [5.74, 6) is 0.314. The Balaban J connectivity index is 1.33. The van der Waals surface area contributed by atoms with Crippen LogP contribution in [0.5, 0.6) is 11.5 Å². The number of ether oxygens (including phenoxy) is 2. The van der Waals surface area contributed by atoms with Gasteiger partial charge in [-0.15, -0.1) is 13.2 Å². The molecule has 0 atom stereocenters. The molecule has 2 aromatic carbocycles. The quantitative estimate of drug-likeness (QED) is 0.581. The average molecular weight is 451 g/mol. The summed E-state index contributed by atoms with van der Waals surface area (Å²) in [5.41, 5.74) is 1.67. The molecule has 1 aliphatic heterocycles. The molecule has 0 unspecified atom stereocenters. The van der Waals surface area contributed by atoms with Crippen LogP contribution in [-0.2, 0) is 4.79 Å². The van der Waals surface area contributed by atoms with Crippen molar-refractivity contribution in [1.29, 1.82) is 0 Å². The largest absolute Gasteiger partial charge is 0.573 e. The van der Waals surface area contributed by atoms with Gasteiger partial charge in [0, 0.05) is 32.2 Å². The Labute approximate surface area is 180 Å². The summed E-state index contributed by atoms with van der Waals surface area (Å²) >= 11 is 1.30. The number of halogens is 3. The molecule has 10 heteroatoms. The summed E-state index contributed by atoms with van der Waals surface area (Å²) < 4.78 is 47.5. The van der Waals surface area contributed by atoms with E-state index >= 15 is 0 Å². The molecule has 1 aliphatic rings. The van der Waals surface area contributed by atoms with E-state index in [1.165, 1.54) is 29.5 Å². The molecule has 1 saturated heterocycles.